The Labute approximate surface area is 175 Å². The molecule has 0 heterocycles. The molecule has 3 rings (SSSR count). The average molecular weight is 406 g/mol. The molecular weight excluding hydrogens is 384 g/mol. The Hall–Kier alpha value is -3.80. The number of ketones is 1. The van der Waals surface area contributed by atoms with Crippen LogP contribution in [-0.4, -0.2) is 32.6 Å². The lowest BCUT2D eigenvalue weighted by Gasteiger charge is -2.10. The van der Waals surface area contributed by atoms with E-state index in [1.54, 1.807) is 42.5 Å². The lowest BCUT2D eigenvalue weighted by Crippen LogP contribution is -2.15. The van der Waals surface area contributed by atoms with Crippen LogP contribution in [0.2, 0.25) is 0 Å². The van der Waals surface area contributed by atoms with Gasteiger partial charge >= 0.3 is 5.97 Å². The first-order chi connectivity index (χ1) is 14.6. The third-order valence-electron chi connectivity index (χ3n) is 4.36. The maximum Gasteiger partial charge on any atom is 0.338 e. The molecule has 0 N–H and O–H groups in total. The normalized spacial score (nSPS) is 10.2. The Bertz CT molecular complexity index is 1010. The highest BCUT2D eigenvalue weighted by molar-refractivity contribution is 6.01. The lowest BCUT2D eigenvalue weighted by molar-refractivity contribution is 0.0473. The summed E-state index contributed by atoms with van der Waals surface area (Å²) in [5, 5.41) is 0. The minimum Gasteiger partial charge on any atom is -0.497 e. The van der Waals surface area contributed by atoms with E-state index in [0.717, 1.165) is 5.56 Å². The van der Waals surface area contributed by atoms with Crippen molar-refractivity contribution < 1.29 is 28.5 Å². The fourth-order valence-corrected chi connectivity index (χ4v) is 2.77. The van der Waals surface area contributed by atoms with E-state index < -0.39 is 12.6 Å². The van der Waals surface area contributed by atoms with Crippen molar-refractivity contribution in [3.8, 4) is 17.2 Å². The quantitative estimate of drug-likeness (QED) is 0.389. The molecule has 6 heteroatoms. The molecule has 0 saturated carbocycles. The zero-order valence-electron chi connectivity index (χ0n) is 16.8. The first-order valence-electron chi connectivity index (χ1n) is 9.30. The van der Waals surface area contributed by atoms with Gasteiger partial charge in [-0.3, -0.25) is 4.79 Å². The third-order valence-corrected chi connectivity index (χ3v) is 4.36. The fraction of sp³-hybridized carbons (Fsp3) is 0.167. The van der Waals surface area contributed by atoms with Gasteiger partial charge in [-0.05, 0) is 35.9 Å². The van der Waals surface area contributed by atoms with Crippen LogP contribution >= 0.6 is 0 Å². The maximum absolute atomic E-state index is 12.5. The highest BCUT2D eigenvalue weighted by atomic mass is 16.5. The highest BCUT2D eigenvalue weighted by Gasteiger charge is 2.16. The fourth-order valence-electron chi connectivity index (χ4n) is 2.77. The number of rotatable bonds is 9. The monoisotopic (exact) mass is 406 g/mol. The zero-order valence-corrected chi connectivity index (χ0v) is 16.8. The molecule has 0 fully saturated rings. The van der Waals surface area contributed by atoms with Gasteiger partial charge in [0.2, 0.25) is 5.78 Å². The van der Waals surface area contributed by atoms with Gasteiger partial charge in [-0.1, -0.05) is 36.4 Å². The molecule has 0 spiro atoms. The summed E-state index contributed by atoms with van der Waals surface area (Å²) in [6.07, 6.45) is 0. The van der Waals surface area contributed by atoms with E-state index in [4.69, 9.17) is 18.9 Å². The van der Waals surface area contributed by atoms with E-state index in [9.17, 15) is 9.59 Å². The number of ether oxygens (including phenoxy) is 4. The van der Waals surface area contributed by atoms with E-state index in [-0.39, 0.29) is 5.78 Å². The van der Waals surface area contributed by atoms with Crippen LogP contribution in [0, 0.1) is 0 Å². The summed E-state index contributed by atoms with van der Waals surface area (Å²) in [4.78, 5) is 24.8. The number of hydrogen-bond acceptors (Lipinski definition) is 6. The van der Waals surface area contributed by atoms with Crippen molar-refractivity contribution in [3.63, 3.8) is 0 Å². The van der Waals surface area contributed by atoms with Crippen molar-refractivity contribution in [1.29, 1.82) is 0 Å². The summed E-state index contributed by atoms with van der Waals surface area (Å²) in [5.41, 5.74) is 1.63. The Morgan fingerprint density at radius 3 is 2.33 bits per heavy atom. The first kappa shape index (κ1) is 20.9. The molecule has 0 amide bonds. The van der Waals surface area contributed by atoms with E-state index in [2.05, 4.69) is 0 Å². The van der Waals surface area contributed by atoms with Crippen molar-refractivity contribution in [3.05, 3.63) is 89.5 Å². The van der Waals surface area contributed by atoms with Crippen LogP contribution in [0.1, 0.15) is 26.3 Å². The van der Waals surface area contributed by atoms with Crippen LogP contribution in [0.4, 0.5) is 0 Å². The maximum atomic E-state index is 12.5. The number of carbonyl (C=O) groups excluding carboxylic acids is 2. The molecule has 0 bridgehead atoms. The van der Waals surface area contributed by atoms with Gasteiger partial charge in [0.15, 0.2) is 6.61 Å². The van der Waals surface area contributed by atoms with Crippen LogP contribution in [0.5, 0.6) is 17.2 Å². The van der Waals surface area contributed by atoms with E-state index >= 15 is 0 Å². The molecule has 0 aromatic heterocycles. The van der Waals surface area contributed by atoms with Crippen LogP contribution < -0.4 is 14.2 Å². The van der Waals surface area contributed by atoms with Crippen molar-refractivity contribution in [2.45, 2.75) is 6.61 Å². The number of Topliss-reactive ketones (excluding diaryl/α,β-unsaturated/α-hetero) is 1. The van der Waals surface area contributed by atoms with E-state index in [1.807, 2.05) is 30.3 Å². The Balaban J connectivity index is 1.60. The molecule has 0 radical (unpaired) electrons. The number of esters is 1. The van der Waals surface area contributed by atoms with Crippen molar-refractivity contribution >= 4 is 11.8 Å². The number of hydrogen-bond donors (Lipinski definition) is 0. The molecule has 3 aromatic rings. The SMILES string of the molecule is COc1ccc(C(=O)COC(=O)c2cccc(OCc3ccccc3)c2)c(OC)c1. The second-order valence-corrected chi connectivity index (χ2v) is 6.37. The molecule has 0 aliphatic carbocycles. The molecule has 0 aliphatic rings. The van der Waals surface area contributed by atoms with E-state index in [0.29, 0.717) is 35.0 Å². The average Bonchev–Trinajstić information content (AvgIpc) is 2.81. The van der Waals surface area contributed by atoms with Crippen molar-refractivity contribution in [2.75, 3.05) is 20.8 Å². The van der Waals surface area contributed by atoms with Gasteiger partial charge in [-0.2, -0.15) is 0 Å². The second-order valence-electron chi connectivity index (χ2n) is 6.37. The number of benzene rings is 3. The minimum atomic E-state index is -0.610. The van der Waals surface area contributed by atoms with Gasteiger partial charge in [-0.15, -0.1) is 0 Å². The summed E-state index contributed by atoms with van der Waals surface area (Å²) in [5.74, 6) is 0.469. The lowest BCUT2D eigenvalue weighted by atomic mass is 10.1. The van der Waals surface area contributed by atoms with Crippen molar-refractivity contribution in [2.24, 2.45) is 0 Å². The van der Waals surface area contributed by atoms with E-state index in [1.165, 1.54) is 14.2 Å². The predicted molar refractivity (Wildman–Crippen MR) is 111 cm³/mol. The number of methoxy groups -OCH3 is 2. The summed E-state index contributed by atoms with van der Waals surface area (Å²) >= 11 is 0. The Morgan fingerprint density at radius 2 is 1.60 bits per heavy atom. The van der Waals surface area contributed by atoms with Gasteiger partial charge in [0.05, 0.1) is 25.3 Å². The topological polar surface area (TPSA) is 71.1 Å². The standard InChI is InChI=1S/C24H22O6/c1-27-19-11-12-21(23(14-19)28-2)22(25)16-30-24(26)18-9-6-10-20(13-18)29-15-17-7-4-3-5-8-17/h3-14H,15-16H2,1-2H3. The predicted octanol–water partition coefficient (Wildman–Crippen LogP) is 4.32. The Kier molecular flexibility index (Phi) is 7.05. The number of carbonyl (C=O) groups is 2. The van der Waals surface area contributed by atoms with Crippen LogP contribution in [-0.2, 0) is 11.3 Å². The van der Waals surface area contributed by atoms with Crippen LogP contribution in [0.25, 0.3) is 0 Å². The summed E-state index contributed by atoms with van der Waals surface area (Å²) < 4.78 is 21.3. The molecule has 154 valence electrons. The zero-order chi connectivity index (χ0) is 21.3. The van der Waals surface area contributed by atoms with Gasteiger partial charge in [0, 0.05) is 6.07 Å². The summed E-state index contributed by atoms with van der Waals surface area (Å²) in [7, 11) is 2.98. The first-order valence-corrected chi connectivity index (χ1v) is 9.30. The minimum absolute atomic E-state index is 0.301. The molecule has 0 aliphatic heterocycles. The smallest absolute Gasteiger partial charge is 0.338 e. The Morgan fingerprint density at radius 1 is 0.800 bits per heavy atom. The van der Waals surface area contributed by atoms with Gasteiger partial charge in [-0.25, -0.2) is 4.79 Å². The highest BCUT2D eigenvalue weighted by Crippen LogP contribution is 2.25. The molecule has 0 saturated heterocycles. The molecule has 0 unspecified atom stereocenters. The second kappa shape index (κ2) is 10.1. The molecule has 6 nitrogen and oxygen atoms in total. The largest absolute Gasteiger partial charge is 0.497 e. The van der Waals surface area contributed by atoms with Gasteiger partial charge in [0.1, 0.15) is 23.9 Å². The van der Waals surface area contributed by atoms with Gasteiger partial charge in [0.25, 0.3) is 0 Å². The molecule has 3 aromatic carbocycles. The molecule has 0 atom stereocenters. The van der Waals surface area contributed by atoms with Crippen molar-refractivity contribution in [1.82, 2.24) is 0 Å². The van der Waals surface area contributed by atoms with Gasteiger partial charge < -0.3 is 18.9 Å². The van der Waals surface area contributed by atoms with Crippen LogP contribution in [0.3, 0.4) is 0 Å². The van der Waals surface area contributed by atoms with Crippen LogP contribution in [0.15, 0.2) is 72.8 Å². The summed E-state index contributed by atoms with van der Waals surface area (Å²) in [6, 6.07) is 21.2. The molecule has 30 heavy (non-hydrogen) atoms. The summed E-state index contributed by atoms with van der Waals surface area (Å²) in [6.45, 7) is -0.0221. The third kappa shape index (κ3) is 5.38. The molecular formula is C24H22O6.